The molecule has 6 nitrogen and oxygen atoms in total. The van der Waals surface area contributed by atoms with Gasteiger partial charge in [0.15, 0.2) is 5.78 Å². The lowest BCUT2D eigenvalue weighted by Crippen LogP contribution is -2.49. The van der Waals surface area contributed by atoms with E-state index < -0.39 is 11.3 Å². The molecule has 0 radical (unpaired) electrons. The van der Waals surface area contributed by atoms with Crippen LogP contribution in [0.3, 0.4) is 0 Å². The second-order valence-electron chi connectivity index (χ2n) is 6.39. The van der Waals surface area contributed by atoms with Gasteiger partial charge in [-0.3, -0.25) is 14.5 Å². The number of amides is 1. The summed E-state index contributed by atoms with van der Waals surface area (Å²) in [6, 6.07) is 9.07. The molecule has 1 aromatic rings. The van der Waals surface area contributed by atoms with Crippen molar-refractivity contribution in [2.24, 2.45) is 5.73 Å². The highest BCUT2D eigenvalue weighted by Gasteiger charge is 2.61. The zero-order chi connectivity index (χ0) is 18.5. The van der Waals surface area contributed by atoms with E-state index in [0.29, 0.717) is 36.3 Å². The fraction of sp³-hybridized carbons (Fsp3) is 0.250. The van der Waals surface area contributed by atoms with Gasteiger partial charge in [-0.15, -0.1) is 6.42 Å². The first kappa shape index (κ1) is 16.0. The lowest BCUT2D eigenvalue weighted by Gasteiger charge is -2.37. The Labute approximate surface area is 150 Å². The van der Waals surface area contributed by atoms with E-state index >= 15 is 0 Å². The molecule has 0 unspecified atom stereocenters. The van der Waals surface area contributed by atoms with E-state index in [1.807, 2.05) is 6.07 Å². The van der Waals surface area contributed by atoms with Crippen molar-refractivity contribution in [1.29, 1.82) is 5.26 Å². The minimum atomic E-state index is -1.57. The van der Waals surface area contributed by atoms with Crippen LogP contribution in [-0.2, 0) is 19.7 Å². The number of nitrogens with two attached hydrogens (primary N) is 1. The van der Waals surface area contributed by atoms with Crippen LogP contribution < -0.4 is 10.6 Å². The van der Waals surface area contributed by atoms with Crippen LogP contribution in [0.15, 0.2) is 47.1 Å². The number of nitrogens with zero attached hydrogens (tertiary/aromatic N) is 2. The Balaban J connectivity index is 2.12. The minimum absolute atomic E-state index is 0.0356. The Morgan fingerprint density at radius 3 is 2.81 bits per heavy atom. The zero-order valence-corrected chi connectivity index (χ0v) is 13.9. The Morgan fingerprint density at radius 2 is 2.08 bits per heavy atom. The molecule has 26 heavy (non-hydrogen) atoms. The van der Waals surface area contributed by atoms with Gasteiger partial charge in [-0.05, 0) is 12.5 Å². The largest absolute Gasteiger partial charge is 0.444 e. The average Bonchev–Trinajstić information content (AvgIpc) is 2.86. The second-order valence-corrected chi connectivity index (χ2v) is 6.39. The smallest absolute Gasteiger partial charge is 0.248 e. The number of hydrogen-bond donors (Lipinski definition) is 1. The van der Waals surface area contributed by atoms with Gasteiger partial charge in [0.05, 0.1) is 12.1 Å². The molecule has 128 valence electrons. The Bertz CT molecular complexity index is 1010. The summed E-state index contributed by atoms with van der Waals surface area (Å²) >= 11 is 0. The third-order valence-corrected chi connectivity index (χ3v) is 5.12. The number of carbonyl (C=O) groups excluding carboxylic acids is 2. The van der Waals surface area contributed by atoms with Crippen molar-refractivity contribution in [2.45, 2.75) is 24.7 Å². The highest BCUT2D eigenvalue weighted by atomic mass is 16.5. The summed E-state index contributed by atoms with van der Waals surface area (Å²) in [6.45, 7) is 0.0356. The molecule has 1 atom stereocenters. The minimum Gasteiger partial charge on any atom is -0.444 e. The lowest BCUT2D eigenvalue weighted by atomic mass is 9.65. The van der Waals surface area contributed by atoms with E-state index in [1.165, 1.54) is 4.90 Å². The molecule has 1 spiro atoms. The quantitative estimate of drug-likeness (QED) is 0.781. The number of carbonyl (C=O) groups is 2. The average molecular weight is 345 g/mol. The number of hydrogen-bond acceptors (Lipinski definition) is 5. The highest BCUT2D eigenvalue weighted by Crippen LogP contribution is 2.55. The van der Waals surface area contributed by atoms with Crippen molar-refractivity contribution in [1.82, 2.24) is 0 Å². The van der Waals surface area contributed by atoms with Crippen LogP contribution in [0.25, 0.3) is 0 Å². The third-order valence-electron chi connectivity index (χ3n) is 5.12. The van der Waals surface area contributed by atoms with Gasteiger partial charge in [-0.1, -0.05) is 24.1 Å². The van der Waals surface area contributed by atoms with E-state index in [1.54, 1.807) is 24.3 Å². The van der Waals surface area contributed by atoms with E-state index in [9.17, 15) is 14.9 Å². The van der Waals surface area contributed by atoms with Crippen molar-refractivity contribution < 1.29 is 14.3 Å². The number of benzene rings is 1. The van der Waals surface area contributed by atoms with Gasteiger partial charge in [0.2, 0.25) is 11.8 Å². The van der Waals surface area contributed by atoms with Crippen LogP contribution in [0.2, 0.25) is 0 Å². The molecule has 3 aliphatic rings. The number of ether oxygens (including phenoxy) is 1. The molecule has 2 heterocycles. The maximum absolute atomic E-state index is 13.6. The summed E-state index contributed by atoms with van der Waals surface area (Å²) in [5.74, 6) is 2.09. The van der Waals surface area contributed by atoms with Crippen molar-refractivity contribution in [2.75, 3.05) is 11.4 Å². The Morgan fingerprint density at radius 1 is 1.31 bits per heavy atom. The number of para-hydroxylation sites is 1. The monoisotopic (exact) mass is 345 g/mol. The van der Waals surface area contributed by atoms with E-state index in [2.05, 4.69) is 5.92 Å². The Hall–Kier alpha value is -3.51. The topological polar surface area (TPSA) is 96.4 Å². The highest BCUT2D eigenvalue weighted by molar-refractivity contribution is 6.20. The van der Waals surface area contributed by atoms with Crippen LogP contribution in [0.5, 0.6) is 0 Å². The molecule has 1 aliphatic carbocycles. The molecular weight excluding hydrogens is 330 g/mol. The second kappa shape index (κ2) is 5.50. The summed E-state index contributed by atoms with van der Waals surface area (Å²) in [5, 5.41) is 9.81. The number of rotatable bonds is 1. The van der Waals surface area contributed by atoms with Crippen molar-refractivity contribution in [3.05, 3.63) is 52.6 Å². The molecule has 0 fully saturated rings. The van der Waals surface area contributed by atoms with Crippen LogP contribution in [0, 0.1) is 23.7 Å². The fourth-order valence-electron chi connectivity index (χ4n) is 4.15. The molecule has 2 N–H and O–H groups in total. The maximum atomic E-state index is 13.6. The normalized spacial score (nSPS) is 24.2. The first-order valence-electron chi connectivity index (χ1n) is 8.27. The number of fused-ring (bicyclic) bond motifs is 3. The number of anilines is 1. The summed E-state index contributed by atoms with van der Waals surface area (Å²) in [4.78, 5) is 27.9. The van der Waals surface area contributed by atoms with Gasteiger partial charge in [-0.25, -0.2) is 0 Å². The summed E-state index contributed by atoms with van der Waals surface area (Å²) in [7, 11) is 0. The van der Waals surface area contributed by atoms with Gasteiger partial charge in [0, 0.05) is 24.1 Å². The van der Waals surface area contributed by atoms with Gasteiger partial charge in [0.1, 0.15) is 22.8 Å². The first-order valence-corrected chi connectivity index (χ1v) is 8.27. The molecule has 0 aromatic heterocycles. The zero-order valence-electron chi connectivity index (χ0n) is 13.9. The van der Waals surface area contributed by atoms with Gasteiger partial charge < -0.3 is 10.5 Å². The molecule has 0 bridgehead atoms. The van der Waals surface area contributed by atoms with E-state index in [0.717, 1.165) is 0 Å². The Kier molecular flexibility index (Phi) is 3.38. The van der Waals surface area contributed by atoms with Gasteiger partial charge >= 0.3 is 0 Å². The predicted octanol–water partition coefficient (Wildman–Crippen LogP) is 1.64. The molecule has 6 heteroatoms. The number of nitriles is 1. The molecule has 4 rings (SSSR count). The molecular formula is C20H15N3O3. The standard InChI is InChI=1S/C20H15N3O3/c1-2-10-23-14-7-4-3-6-12(14)20(19(23)25)13(11-21)18(22)26-16-9-5-8-15(24)17(16)20/h1,3-4,6-7H,5,8-10,22H2/t20-/m0/s1. The van der Waals surface area contributed by atoms with Gasteiger partial charge in [-0.2, -0.15) is 5.26 Å². The van der Waals surface area contributed by atoms with E-state index in [4.69, 9.17) is 16.9 Å². The fourth-order valence-corrected chi connectivity index (χ4v) is 4.15. The van der Waals surface area contributed by atoms with Crippen molar-refractivity contribution >= 4 is 17.4 Å². The summed E-state index contributed by atoms with van der Waals surface area (Å²) in [5.41, 5.74) is 5.75. The maximum Gasteiger partial charge on any atom is 0.248 e. The van der Waals surface area contributed by atoms with Crippen LogP contribution in [0.1, 0.15) is 24.8 Å². The number of terminal acetylenes is 1. The summed E-state index contributed by atoms with van der Waals surface area (Å²) < 4.78 is 5.59. The first-order chi connectivity index (χ1) is 12.6. The SMILES string of the molecule is C#CCN1C(=O)[C@]2(C(C#N)=C(N)OC3=C2C(=O)CCC3)c2ccccc21. The summed E-state index contributed by atoms with van der Waals surface area (Å²) in [6.07, 6.45) is 6.86. The molecule has 1 amide bonds. The van der Waals surface area contributed by atoms with Gasteiger partial charge in [0.25, 0.3) is 0 Å². The van der Waals surface area contributed by atoms with Crippen LogP contribution in [-0.4, -0.2) is 18.2 Å². The molecule has 1 aromatic carbocycles. The number of ketones is 1. The number of allylic oxidation sites excluding steroid dienone is 1. The van der Waals surface area contributed by atoms with Crippen LogP contribution in [0.4, 0.5) is 5.69 Å². The molecule has 0 saturated carbocycles. The lowest BCUT2D eigenvalue weighted by molar-refractivity contribution is -0.124. The molecule has 0 saturated heterocycles. The van der Waals surface area contributed by atoms with Crippen LogP contribution >= 0.6 is 0 Å². The third kappa shape index (κ3) is 1.76. The van der Waals surface area contributed by atoms with Crippen molar-refractivity contribution in [3.8, 4) is 18.4 Å². The predicted molar refractivity (Wildman–Crippen MR) is 93.1 cm³/mol. The molecule has 2 aliphatic heterocycles. The van der Waals surface area contributed by atoms with Crippen molar-refractivity contribution in [3.63, 3.8) is 0 Å². The number of Topliss-reactive ketones (excluding diaryl/α,β-unsaturated/α-hetero) is 1. The van der Waals surface area contributed by atoms with E-state index in [-0.39, 0.29) is 29.4 Å².